The number of carbonyl (C=O) groups is 3. The van der Waals surface area contributed by atoms with Crippen LogP contribution >= 0.6 is 23.5 Å². The topological polar surface area (TPSA) is 74.7 Å². The standard InChI is InChI=1S/C12H15NO4S2/c1-12(2)8(11(16)17)13-9(15)7(10(13)19-12)4-6(14)5-18-3/h4,8,10H,5H2,1-3H3,(H,16,17)/t8-,10+/m0/s1. The number of fused-ring (bicyclic) bond motifs is 1. The van der Waals surface area contributed by atoms with Crippen molar-refractivity contribution in [2.24, 2.45) is 0 Å². The smallest absolute Gasteiger partial charge is 0.327 e. The number of hydrogen-bond donors (Lipinski definition) is 1. The Morgan fingerprint density at radius 2 is 2.16 bits per heavy atom. The van der Waals surface area contributed by atoms with E-state index in [1.165, 1.54) is 34.5 Å². The van der Waals surface area contributed by atoms with E-state index in [1.807, 2.05) is 20.1 Å². The van der Waals surface area contributed by atoms with Crippen molar-refractivity contribution >= 4 is 41.2 Å². The predicted octanol–water partition coefficient (Wildman–Crippen LogP) is 0.992. The number of carboxylic acids is 1. The van der Waals surface area contributed by atoms with Crippen molar-refractivity contribution in [1.82, 2.24) is 4.90 Å². The van der Waals surface area contributed by atoms with Crippen LogP contribution in [0.15, 0.2) is 11.6 Å². The molecule has 0 unspecified atom stereocenters. The molecule has 0 bridgehead atoms. The van der Waals surface area contributed by atoms with Crippen LogP contribution in [0.3, 0.4) is 0 Å². The minimum atomic E-state index is -0.997. The van der Waals surface area contributed by atoms with E-state index in [1.54, 1.807) is 0 Å². The third-order valence-corrected chi connectivity index (χ3v) is 5.30. The first-order valence-electron chi connectivity index (χ1n) is 5.76. The van der Waals surface area contributed by atoms with Gasteiger partial charge in [-0.3, -0.25) is 9.59 Å². The van der Waals surface area contributed by atoms with Gasteiger partial charge in [0, 0.05) is 4.75 Å². The molecule has 7 heteroatoms. The van der Waals surface area contributed by atoms with Gasteiger partial charge in [-0.25, -0.2) is 4.79 Å². The molecule has 2 heterocycles. The third-order valence-electron chi connectivity index (χ3n) is 3.19. The molecule has 2 saturated heterocycles. The molecule has 104 valence electrons. The van der Waals surface area contributed by atoms with E-state index < -0.39 is 16.8 Å². The van der Waals surface area contributed by atoms with Crippen molar-refractivity contribution in [2.75, 3.05) is 12.0 Å². The number of nitrogens with zero attached hydrogens (tertiary/aromatic N) is 1. The maximum absolute atomic E-state index is 12.0. The summed E-state index contributed by atoms with van der Waals surface area (Å²) in [5.74, 6) is -1.10. The lowest BCUT2D eigenvalue weighted by Gasteiger charge is -2.38. The summed E-state index contributed by atoms with van der Waals surface area (Å²) in [4.78, 5) is 36.2. The SMILES string of the molecule is CSCC(=O)C=C1C(=O)N2[C@@H]1SC(C)(C)[C@@H]2C(=O)O. The summed E-state index contributed by atoms with van der Waals surface area (Å²) in [6.45, 7) is 3.62. The van der Waals surface area contributed by atoms with Gasteiger partial charge in [0.15, 0.2) is 5.78 Å². The van der Waals surface area contributed by atoms with Crippen LogP contribution < -0.4 is 0 Å². The highest BCUT2D eigenvalue weighted by molar-refractivity contribution is 8.02. The zero-order valence-corrected chi connectivity index (χ0v) is 12.5. The molecule has 0 saturated carbocycles. The maximum Gasteiger partial charge on any atom is 0.327 e. The van der Waals surface area contributed by atoms with Gasteiger partial charge in [0.25, 0.3) is 5.91 Å². The second-order valence-electron chi connectivity index (χ2n) is 5.03. The first-order chi connectivity index (χ1) is 8.79. The first-order valence-corrected chi connectivity index (χ1v) is 8.03. The van der Waals surface area contributed by atoms with E-state index in [0.717, 1.165) is 0 Å². The molecule has 1 N–H and O–H groups in total. The summed E-state index contributed by atoms with van der Waals surface area (Å²) in [5, 5.41) is 8.95. The lowest BCUT2D eigenvalue weighted by atomic mass is 9.95. The van der Waals surface area contributed by atoms with Gasteiger partial charge >= 0.3 is 5.97 Å². The second kappa shape index (κ2) is 4.86. The summed E-state index contributed by atoms with van der Waals surface area (Å²) in [5.41, 5.74) is 0.431. The van der Waals surface area contributed by atoms with Crippen molar-refractivity contribution < 1.29 is 19.5 Å². The maximum atomic E-state index is 12.0. The monoisotopic (exact) mass is 301 g/mol. The molecule has 2 atom stereocenters. The van der Waals surface area contributed by atoms with Crippen LogP contribution in [0.5, 0.6) is 0 Å². The molecule has 1 amide bonds. The Kier molecular flexibility index (Phi) is 3.70. The largest absolute Gasteiger partial charge is 0.480 e. The average Bonchev–Trinajstić information content (AvgIpc) is 2.55. The molecular formula is C12H15NO4S2. The summed E-state index contributed by atoms with van der Waals surface area (Å²) in [6.07, 6.45) is 3.19. The van der Waals surface area contributed by atoms with Gasteiger partial charge < -0.3 is 10.0 Å². The molecular weight excluding hydrogens is 286 g/mol. The summed E-state index contributed by atoms with van der Waals surface area (Å²) in [6, 6.07) is -0.831. The quantitative estimate of drug-likeness (QED) is 0.616. The number of rotatable bonds is 4. The van der Waals surface area contributed by atoms with Crippen LogP contribution in [0.25, 0.3) is 0 Å². The van der Waals surface area contributed by atoms with Gasteiger partial charge in [0.05, 0.1) is 11.3 Å². The molecule has 2 aliphatic rings. The highest BCUT2D eigenvalue weighted by Gasteiger charge is 2.61. The lowest BCUT2D eigenvalue weighted by Crippen LogP contribution is -2.58. The molecule has 0 spiro atoms. The number of amides is 1. The Morgan fingerprint density at radius 3 is 2.68 bits per heavy atom. The van der Waals surface area contributed by atoms with Crippen LogP contribution in [0.1, 0.15) is 13.8 Å². The molecule has 0 aliphatic carbocycles. The fourth-order valence-corrected chi connectivity index (χ4v) is 4.33. The molecule has 0 aromatic carbocycles. The number of carbonyl (C=O) groups excluding carboxylic acids is 2. The molecule has 0 radical (unpaired) electrons. The zero-order valence-electron chi connectivity index (χ0n) is 10.9. The number of carboxylic acid groups (broad SMARTS) is 1. The Hall–Kier alpha value is -0.950. The van der Waals surface area contributed by atoms with Crippen LogP contribution in [-0.4, -0.2) is 55.8 Å². The van der Waals surface area contributed by atoms with Crippen LogP contribution in [-0.2, 0) is 14.4 Å². The molecule has 0 aromatic heterocycles. The van der Waals surface area contributed by atoms with E-state index in [2.05, 4.69) is 0 Å². The van der Waals surface area contributed by atoms with E-state index in [9.17, 15) is 19.5 Å². The van der Waals surface area contributed by atoms with Crippen molar-refractivity contribution in [3.63, 3.8) is 0 Å². The average molecular weight is 301 g/mol. The predicted molar refractivity (Wildman–Crippen MR) is 75.2 cm³/mol. The fraction of sp³-hybridized carbons (Fsp3) is 0.583. The summed E-state index contributed by atoms with van der Waals surface area (Å²) < 4.78 is -0.551. The molecule has 2 fully saturated rings. The lowest BCUT2D eigenvalue weighted by molar-refractivity contribution is -0.152. The van der Waals surface area contributed by atoms with Gasteiger partial charge in [-0.1, -0.05) is 0 Å². The first kappa shape index (κ1) is 14.5. The highest BCUT2D eigenvalue weighted by Crippen LogP contribution is 2.52. The molecule has 2 rings (SSSR count). The minimum Gasteiger partial charge on any atom is -0.480 e. The third kappa shape index (κ3) is 2.29. The Bertz CT molecular complexity index is 486. The van der Waals surface area contributed by atoms with Crippen molar-refractivity contribution in [2.45, 2.75) is 30.0 Å². The minimum absolute atomic E-state index is 0.104. The molecule has 5 nitrogen and oxygen atoms in total. The van der Waals surface area contributed by atoms with Crippen LogP contribution in [0, 0.1) is 0 Å². The number of thioether (sulfide) groups is 2. The Balaban J connectivity index is 2.24. The van der Waals surface area contributed by atoms with Crippen molar-refractivity contribution in [1.29, 1.82) is 0 Å². The van der Waals surface area contributed by atoms with E-state index in [4.69, 9.17) is 0 Å². The number of hydrogen-bond acceptors (Lipinski definition) is 5. The zero-order chi connectivity index (χ0) is 14.4. The Morgan fingerprint density at radius 1 is 1.53 bits per heavy atom. The van der Waals surface area contributed by atoms with Crippen LogP contribution in [0.2, 0.25) is 0 Å². The van der Waals surface area contributed by atoms with Gasteiger partial charge in [-0.15, -0.1) is 11.8 Å². The van der Waals surface area contributed by atoms with E-state index >= 15 is 0 Å². The van der Waals surface area contributed by atoms with Crippen molar-refractivity contribution in [3.05, 3.63) is 11.6 Å². The number of allylic oxidation sites excluding steroid dienone is 1. The van der Waals surface area contributed by atoms with Crippen LogP contribution in [0.4, 0.5) is 0 Å². The number of ketones is 1. The molecule has 2 aliphatic heterocycles. The highest BCUT2D eigenvalue weighted by atomic mass is 32.2. The van der Waals surface area contributed by atoms with E-state index in [0.29, 0.717) is 11.3 Å². The van der Waals surface area contributed by atoms with Gasteiger partial charge in [-0.2, -0.15) is 11.8 Å². The fourth-order valence-electron chi connectivity index (χ4n) is 2.41. The second-order valence-corrected chi connectivity index (χ2v) is 7.63. The number of β-lactam (4-membered cyclic amide) rings is 1. The normalized spacial score (nSPS) is 30.2. The van der Waals surface area contributed by atoms with Gasteiger partial charge in [-0.05, 0) is 26.2 Å². The van der Waals surface area contributed by atoms with Gasteiger partial charge in [0.1, 0.15) is 11.4 Å². The van der Waals surface area contributed by atoms with E-state index in [-0.39, 0.29) is 17.1 Å². The van der Waals surface area contributed by atoms with Gasteiger partial charge in [0.2, 0.25) is 0 Å². The number of aliphatic carboxylic acids is 1. The summed E-state index contributed by atoms with van der Waals surface area (Å²) in [7, 11) is 0. The van der Waals surface area contributed by atoms with Crippen molar-refractivity contribution in [3.8, 4) is 0 Å². The molecule has 19 heavy (non-hydrogen) atoms. The Labute approximate surface area is 119 Å². The molecule has 0 aromatic rings. The summed E-state index contributed by atoms with van der Waals surface area (Å²) >= 11 is 2.82.